The fourth-order valence-electron chi connectivity index (χ4n) is 5.74. The highest BCUT2D eigenvalue weighted by Gasteiger charge is 2.39. The average Bonchev–Trinajstić information content (AvgIpc) is 3.48. The molecular formula is C30H40N6O4S. The zero-order valence-corrected chi connectivity index (χ0v) is 25.5. The van der Waals surface area contributed by atoms with Gasteiger partial charge < -0.3 is 30.3 Å². The topological polar surface area (TPSA) is 123 Å². The molecule has 0 saturated carbocycles. The minimum atomic E-state index is -0.557. The number of amides is 2. The van der Waals surface area contributed by atoms with Gasteiger partial charge >= 0.3 is 6.09 Å². The fourth-order valence-corrected chi connectivity index (χ4v) is 6.78. The summed E-state index contributed by atoms with van der Waals surface area (Å²) in [5.41, 5.74) is 9.34. The maximum absolute atomic E-state index is 13.1. The summed E-state index contributed by atoms with van der Waals surface area (Å²) in [5, 5.41) is 4.01. The third-order valence-corrected chi connectivity index (χ3v) is 8.93. The van der Waals surface area contributed by atoms with Gasteiger partial charge in [-0.05, 0) is 70.7 Å². The molecule has 0 bridgehead atoms. The average molecular weight is 581 g/mol. The second kappa shape index (κ2) is 11.4. The lowest BCUT2D eigenvalue weighted by atomic mass is 9.91. The number of hydrogen-bond acceptors (Lipinski definition) is 9. The molecule has 3 aromatic heterocycles. The second-order valence-electron chi connectivity index (χ2n) is 12.1. The predicted molar refractivity (Wildman–Crippen MR) is 162 cm³/mol. The number of thiophene rings is 1. The summed E-state index contributed by atoms with van der Waals surface area (Å²) in [4.78, 5) is 40.7. The Labute approximate surface area is 245 Å². The van der Waals surface area contributed by atoms with Crippen LogP contribution in [0.1, 0.15) is 53.8 Å². The Kier molecular flexibility index (Phi) is 8.11. The number of ether oxygens (including phenoxy) is 2. The lowest BCUT2D eigenvalue weighted by molar-refractivity contribution is 0.0161. The van der Waals surface area contributed by atoms with Crippen molar-refractivity contribution >= 4 is 45.1 Å². The van der Waals surface area contributed by atoms with Gasteiger partial charge in [-0.25, -0.2) is 14.8 Å². The van der Waals surface area contributed by atoms with Gasteiger partial charge in [0.1, 0.15) is 21.1 Å². The molecule has 4 heterocycles. The first-order valence-corrected chi connectivity index (χ1v) is 14.9. The molecule has 41 heavy (non-hydrogen) atoms. The zero-order chi connectivity index (χ0) is 29.5. The summed E-state index contributed by atoms with van der Waals surface area (Å²) in [6.07, 6.45) is 1.95. The first kappa shape index (κ1) is 29.1. The number of aryl methyl sites for hydroxylation is 2. The number of anilines is 2. The molecular weight excluding hydrogens is 540 g/mol. The van der Waals surface area contributed by atoms with Gasteiger partial charge in [0.2, 0.25) is 0 Å². The molecule has 1 fully saturated rings. The highest BCUT2D eigenvalue weighted by Crippen LogP contribution is 2.33. The lowest BCUT2D eigenvalue weighted by Crippen LogP contribution is -2.45. The van der Waals surface area contributed by atoms with E-state index in [0.29, 0.717) is 30.1 Å². The SMILES string of the molecule is COC[C@@H]1CN(c2ccc3c(n2)CC[C@H](NC(=O)c2sc4nc(C)ccc4c2N)C3)C[C@H]1N(C)C(=O)OC(C)(C)C. The molecule has 0 aromatic carbocycles. The second-order valence-corrected chi connectivity index (χ2v) is 13.1. The molecule has 3 aromatic rings. The maximum atomic E-state index is 13.1. The van der Waals surface area contributed by atoms with E-state index in [1.165, 1.54) is 11.3 Å². The van der Waals surface area contributed by atoms with Crippen molar-refractivity contribution in [1.29, 1.82) is 0 Å². The van der Waals surface area contributed by atoms with E-state index >= 15 is 0 Å². The summed E-state index contributed by atoms with van der Waals surface area (Å²) in [6, 6.07) is 7.95. The standard InChI is InChI=1S/C30H40N6O4S/c1-17-7-10-21-25(31)26(41-28(21)32-17)27(37)33-20-9-11-22-18(13-20)8-12-24(34-22)36-14-19(16-39-6)23(15-36)35(5)29(38)40-30(2,3)4/h7-8,10,12,19-20,23H,9,11,13-16,31H2,1-6H3,(H,33,37)/t19-,20-,23+/m0/s1. The van der Waals surface area contributed by atoms with E-state index in [0.717, 1.165) is 52.4 Å². The Hall–Kier alpha value is -3.44. The van der Waals surface area contributed by atoms with Gasteiger partial charge in [0.25, 0.3) is 5.91 Å². The zero-order valence-electron chi connectivity index (χ0n) is 24.7. The lowest BCUT2D eigenvalue weighted by Gasteiger charge is -2.31. The van der Waals surface area contributed by atoms with E-state index in [2.05, 4.69) is 21.3 Å². The number of nitrogens with two attached hydrogens (primary N) is 1. The molecule has 3 N–H and O–H groups in total. The molecule has 11 heteroatoms. The minimum Gasteiger partial charge on any atom is -0.444 e. The van der Waals surface area contributed by atoms with Crippen molar-refractivity contribution in [3.05, 3.63) is 46.1 Å². The fraction of sp³-hybridized carbons (Fsp3) is 0.533. The molecule has 2 amide bonds. The van der Waals surface area contributed by atoms with Crippen LogP contribution in [0.15, 0.2) is 24.3 Å². The van der Waals surface area contributed by atoms with E-state index < -0.39 is 5.60 Å². The number of nitrogen functional groups attached to an aromatic ring is 1. The number of carbonyl (C=O) groups excluding carboxylic acids is 2. The van der Waals surface area contributed by atoms with Crippen LogP contribution in [0.4, 0.5) is 16.3 Å². The van der Waals surface area contributed by atoms with E-state index in [9.17, 15) is 9.59 Å². The van der Waals surface area contributed by atoms with E-state index in [1.807, 2.05) is 45.9 Å². The van der Waals surface area contributed by atoms with Crippen LogP contribution in [-0.4, -0.2) is 78.4 Å². The number of hydrogen-bond donors (Lipinski definition) is 2. The van der Waals surface area contributed by atoms with Crippen molar-refractivity contribution in [2.24, 2.45) is 5.92 Å². The van der Waals surface area contributed by atoms with Crippen LogP contribution in [0.25, 0.3) is 10.2 Å². The highest BCUT2D eigenvalue weighted by atomic mass is 32.1. The Balaban J connectivity index is 1.25. The van der Waals surface area contributed by atoms with Crippen molar-refractivity contribution in [1.82, 2.24) is 20.2 Å². The smallest absolute Gasteiger partial charge is 0.410 e. The predicted octanol–water partition coefficient (Wildman–Crippen LogP) is 4.19. The molecule has 3 atom stereocenters. The highest BCUT2D eigenvalue weighted by molar-refractivity contribution is 7.21. The normalized spacial score (nSPS) is 20.6. The van der Waals surface area contributed by atoms with Crippen molar-refractivity contribution < 1.29 is 19.1 Å². The summed E-state index contributed by atoms with van der Waals surface area (Å²) < 4.78 is 11.1. The number of aromatic nitrogens is 2. The van der Waals surface area contributed by atoms with Crippen LogP contribution in [0, 0.1) is 12.8 Å². The van der Waals surface area contributed by atoms with E-state index in [1.54, 1.807) is 19.1 Å². The molecule has 1 aliphatic heterocycles. The number of methoxy groups -OCH3 is 1. The minimum absolute atomic E-state index is 0.00619. The van der Waals surface area contributed by atoms with Gasteiger partial charge in [0, 0.05) is 56.0 Å². The van der Waals surface area contributed by atoms with Crippen LogP contribution >= 0.6 is 11.3 Å². The molecule has 0 unspecified atom stereocenters. The third kappa shape index (κ3) is 6.25. The maximum Gasteiger partial charge on any atom is 0.410 e. The van der Waals surface area contributed by atoms with Crippen LogP contribution in [-0.2, 0) is 22.3 Å². The number of carbonyl (C=O) groups is 2. The van der Waals surface area contributed by atoms with Crippen molar-refractivity contribution in [2.75, 3.05) is 44.5 Å². The Morgan fingerprint density at radius 2 is 1.98 bits per heavy atom. The Morgan fingerprint density at radius 1 is 1.20 bits per heavy atom. The van der Waals surface area contributed by atoms with Gasteiger partial charge in [-0.1, -0.05) is 6.07 Å². The monoisotopic (exact) mass is 580 g/mol. The molecule has 0 spiro atoms. The molecule has 220 valence electrons. The van der Waals surface area contributed by atoms with Crippen molar-refractivity contribution in [3.63, 3.8) is 0 Å². The van der Waals surface area contributed by atoms with Crippen molar-refractivity contribution in [3.8, 4) is 0 Å². The molecule has 2 aliphatic rings. The third-order valence-electron chi connectivity index (χ3n) is 7.81. The summed E-state index contributed by atoms with van der Waals surface area (Å²) in [5.74, 6) is 0.881. The molecule has 10 nitrogen and oxygen atoms in total. The van der Waals surface area contributed by atoms with Crippen LogP contribution in [0.2, 0.25) is 0 Å². The van der Waals surface area contributed by atoms with E-state index in [4.69, 9.17) is 20.2 Å². The van der Waals surface area contributed by atoms with Gasteiger partial charge in [-0.2, -0.15) is 0 Å². The van der Waals surface area contributed by atoms with Crippen LogP contribution < -0.4 is 16.0 Å². The molecule has 0 radical (unpaired) electrons. The number of pyridine rings is 2. The number of nitrogens with one attached hydrogen (secondary N) is 1. The Morgan fingerprint density at radius 3 is 2.71 bits per heavy atom. The number of likely N-dealkylation sites (N-methyl/N-ethyl adjacent to an activating group) is 1. The van der Waals surface area contributed by atoms with Crippen LogP contribution in [0.5, 0.6) is 0 Å². The molecule has 5 rings (SSSR count). The summed E-state index contributed by atoms with van der Waals surface area (Å²) >= 11 is 1.34. The molecule has 1 aliphatic carbocycles. The van der Waals surface area contributed by atoms with Gasteiger partial charge in [0.15, 0.2) is 0 Å². The first-order valence-electron chi connectivity index (χ1n) is 14.1. The van der Waals surface area contributed by atoms with Crippen LogP contribution in [0.3, 0.4) is 0 Å². The number of rotatable bonds is 6. The quantitative estimate of drug-likeness (QED) is 0.445. The Bertz CT molecular complexity index is 1450. The van der Waals surface area contributed by atoms with Gasteiger partial charge in [-0.3, -0.25) is 4.79 Å². The number of fused-ring (bicyclic) bond motifs is 2. The van der Waals surface area contributed by atoms with Crippen molar-refractivity contribution in [2.45, 2.75) is 64.6 Å². The summed E-state index contributed by atoms with van der Waals surface area (Å²) in [6.45, 7) is 9.47. The van der Waals surface area contributed by atoms with Gasteiger partial charge in [-0.15, -0.1) is 11.3 Å². The molecule has 1 saturated heterocycles. The first-order chi connectivity index (χ1) is 19.4. The van der Waals surface area contributed by atoms with Gasteiger partial charge in [0.05, 0.1) is 18.3 Å². The van der Waals surface area contributed by atoms with E-state index in [-0.39, 0.29) is 30.0 Å². The summed E-state index contributed by atoms with van der Waals surface area (Å²) in [7, 11) is 3.48. The largest absolute Gasteiger partial charge is 0.444 e. The number of nitrogens with zero attached hydrogens (tertiary/aromatic N) is 4.